The van der Waals surface area contributed by atoms with Gasteiger partial charge in [-0.2, -0.15) is 0 Å². The van der Waals surface area contributed by atoms with E-state index in [9.17, 15) is 0 Å². The Balaban J connectivity index is 1.59. The van der Waals surface area contributed by atoms with E-state index in [1.807, 2.05) is 18.2 Å². The molecule has 1 N–H and O–H groups in total. The Morgan fingerprint density at radius 3 is 2.43 bits per heavy atom. The molecule has 2 nitrogen and oxygen atoms in total. The molecule has 1 heterocycles. The van der Waals surface area contributed by atoms with Crippen LogP contribution in [-0.2, 0) is 13.1 Å². The summed E-state index contributed by atoms with van der Waals surface area (Å²) < 4.78 is 2.26. The Morgan fingerprint density at radius 1 is 0.893 bits per heavy atom. The maximum absolute atomic E-state index is 6.40. The molecular weight excluding hydrogens is 387 g/mol. The summed E-state index contributed by atoms with van der Waals surface area (Å²) in [6.07, 6.45) is 2.22. The van der Waals surface area contributed by atoms with Crippen LogP contribution >= 0.6 is 23.2 Å². The predicted molar refractivity (Wildman–Crippen MR) is 119 cm³/mol. The van der Waals surface area contributed by atoms with Gasteiger partial charge in [0, 0.05) is 46.3 Å². The second-order valence-corrected chi connectivity index (χ2v) is 7.89. The molecule has 0 radical (unpaired) electrons. The average Bonchev–Trinajstić information content (AvgIpc) is 3.07. The zero-order valence-electron chi connectivity index (χ0n) is 15.7. The zero-order valence-corrected chi connectivity index (χ0v) is 17.2. The van der Waals surface area contributed by atoms with E-state index in [-0.39, 0.29) is 6.04 Å². The van der Waals surface area contributed by atoms with Crippen molar-refractivity contribution in [3.8, 4) is 0 Å². The van der Waals surface area contributed by atoms with Gasteiger partial charge in [-0.1, -0.05) is 77.8 Å². The van der Waals surface area contributed by atoms with Gasteiger partial charge in [-0.3, -0.25) is 0 Å². The van der Waals surface area contributed by atoms with Crippen LogP contribution in [-0.4, -0.2) is 4.57 Å². The molecule has 4 aromatic rings. The van der Waals surface area contributed by atoms with Crippen LogP contribution in [0.3, 0.4) is 0 Å². The fourth-order valence-corrected chi connectivity index (χ4v) is 4.02. The first kappa shape index (κ1) is 19.1. The second kappa shape index (κ2) is 8.40. The highest BCUT2D eigenvalue weighted by Crippen LogP contribution is 2.26. The summed E-state index contributed by atoms with van der Waals surface area (Å²) >= 11 is 12.4. The van der Waals surface area contributed by atoms with E-state index in [0.29, 0.717) is 16.6 Å². The number of hydrogen-bond donors (Lipinski definition) is 1. The maximum Gasteiger partial charge on any atom is 0.0491 e. The van der Waals surface area contributed by atoms with E-state index in [1.54, 1.807) is 6.07 Å². The van der Waals surface area contributed by atoms with Crippen LogP contribution in [0, 0.1) is 0 Å². The summed E-state index contributed by atoms with van der Waals surface area (Å²) in [5.41, 5.74) is 4.84. The van der Waals surface area contributed by atoms with Gasteiger partial charge in [0.05, 0.1) is 0 Å². The Morgan fingerprint density at radius 2 is 1.64 bits per heavy atom. The lowest BCUT2D eigenvalue weighted by molar-refractivity contribution is 0.575. The van der Waals surface area contributed by atoms with E-state index in [4.69, 9.17) is 23.2 Å². The van der Waals surface area contributed by atoms with Gasteiger partial charge >= 0.3 is 0 Å². The molecule has 0 saturated carbocycles. The molecule has 28 heavy (non-hydrogen) atoms. The first-order valence-corrected chi connectivity index (χ1v) is 10.2. The third-order valence-corrected chi connectivity index (χ3v) is 5.71. The number of aromatic nitrogens is 1. The predicted octanol–water partition coefficient (Wildman–Crippen LogP) is 6.85. The minimum absolute atomic E-state index is 0.286. The summed E-state index contributed by atoms with van der Waals surface area (Å²) in [4.78, 5) is 0. The van der Waals surface area contributed by atoms with E-state index in [2.05, 4.69) is 71.5 Å². The van der Waals surface area contributed by atoms with Gasteiger partial charge in [-0.25, -0.2) is 0 Å². The molecule has 142 valence electrons. The summed E-state index contributed by atoms with van der Waals surface area (Å²) in [6, 6.07) is 25.0. The number of nitrogens with zero attached hydrogens (tertiary/aromatic N) is 1. The molecule has 0 fully saturated rings. The van der Waals surface area contributed by atoms with E-state index < -0.39 is 0 Å². The quantitative estimate of drug-likeness (QED) is 0.369. The number of rotatable bonds is 6. The van der Waals surface area contributed by atoms with Crippen LogP contribution in [0.1, 0.15) is 29.7 Å². The second-order valence-electron chi connectivity index (χ2n) is 7.05. The maximum atomic E-state index is 6.40. The number of nitrogens with one attached hydrogen (secondary N) is 1. The van der Waals surface area contributed by atoms with Crippen LogP contribution < -0.4 is 5.32 Å². The molecule has 0 aliphatic carbocycles. The van der Waals surface area contributed by atoms with Crippen molar-refractivity contribution in [1.82, 2.24) is 9.88 Å². The van der Waals surface area contributed by atoms with Crippen molar-refractivity contribution in [3.63, 3.8) is 0 Å². The lowest BCUT2D eigenvalue weighted by Crippen LogP contribution is -2.17. The van der Waals surface area contributed by atoms with Gasteiger partial charge < -0.3 is 9.88 Å². The lowest BCUT2D eigenvalue weighted by atomic mass is 10.1. The van der Waals surface area contributed by atoms with Crippen LogP contribution in [0.4, 0.5) is 0 Å². The van der Waals surface area contributed by atoms with Crippen molar-refractivity contribution in [2.24, 2.45) is 0 Å². The summed E-state index contributed by atoms with van der Waals surface area (Å²) in [5, 5.41) is 6.27. The van der Waals surface area contributed by atoms with E-state index >= 15 is 0 Å². The van der Waals surface area contributed by atoms with E-state index in [0.717, 1.165) is 12.1 Å². The van der Waals surface area contributed by atoms with Crippen molar-refractivity contribution in [2.75, 3.05) is 0 Å². The third-order valence-electron chi connectivity index (χ3n) is 5.13. The van der Waals surface area contributed by atoms with Crippen LogP contribution in [0.25, 0.3) is 10.9 Å². The molecule has 4 rings (SSSR count). The largest absolute Gasteiger partial charge is 0.343 e. The zero-order chi connectivity index (χ0) is 19.5. The van der Waals surface area contributed by atoms with Crippen molar-refractivity contribution in [1.29, 1.82) is 0 Å². The highest BCUT2D eigenvalue weighted by Gasteiger charge is 2.11. The van der Waals surface area contributed by atoms with Gasteiger partial charge in [-0.05, 0) is 41.8 Å². The van der Waals surface area contributed by atoms with Gasteiger partial charge in [-0.15, -0.1) is 0 Å². The first-order chi connectivity index (χ1) is 13.6. The molecule has 1 aromatic heterocycles. The number of para-hydroxylation sites is 1. The normalized spacial score (nSPS) is 12.4. The van der Waals surface area contributed by atoms with Crippen LogP contribution in [0.2, 0.25) is 10.0 Å². The van der Waals surface area contributed by atoms with Gasteiger partial charge in [0.25, 0.3) is 0 Å². The molecule has 3 aromatic carbocycles. The Kier molecular flexibility index (Phi) is 5.72. The highest BCUT2D eigenvalue weighted by atomic mass is 35.5. The van der Waals surface area contributed by atoms with Gasteiger partial charge in [0.15, 0.2) is 0 Å². The van der Waals surface area contributed by atoms with Gasteiger partial charge in [0.2, 0.25) is 0 Å². The molecule has 0 saturated heterocycles. The third kappa shape index (κ3) is 4.10. The monoisotopic (exact) mass is 408 g/mol. The van der Waals surface area contributed by atoms with Crippen LogP contribution in [0.5, 0.6) is 0 Å². The molecular formula is C24H22Cl2N2. The van der Waals surface area contributed by atoms with Crippen molar-refractivity contribution < 1.29 is 0 Å². The number of fused-ring (bicyclic) bond motifs is 1. The molecule has 4 heteroatoms. The molecule has 0 aliphatic heterocycles. The standard InChI is InChI=1S/C24H22Cl2N2/c1-17(18-7-3-2-4-8-18)27-14-20-16-28(24-10-6-5-9-22(20)24)15-19-11-12-21(25)13-23(19)26/h2-13,16-17,27H,14-15H2,1H3/t17-/m0/s1. The molecule has 0 unspecified atom stereocenters. The summed E-state index contributed by atoms with van der Waals surface area (Å²) in [7, 11) is 0. The molecule has 0 bridgehead atoms. The topological polar surface area (TPSA) is 17.0 Å². The lowest BCUT2D eigenvalue weighted by Gasteiger charge is -2.13. The van der Waals surface area contributed by atoms with Crippen molar-refractivity contribution in [3.05, 3.63) is 106 Å². The van der Waals surface area contributed by atoms with Crippen LogP contribution in [0.15, 0.2) is 79.0 Å². The minimum atomic E-state index is 0.286. The Labute approximate surface area is 175 Å². The molecule has 0 amide bonds. The summed E-state index contributed by atoms with van der Waals surface area (Å²) in [6.45, 7) is 3.71. The Bertz CT molecular complexity index is 1090. The Hall–Kier alpha value is -2.26. The smallest absolute Gasteiger partial charge is 0.0491 e. The highest BCUT2D eigenvalue weighted by molar-refractivity contribution is 6.35. The number of halogens is 2. The molecule has 0 aliphatic rings. The fraction of sp³-hybridized carbons (Fsp3) is 0.167. The molecule has 1 atom stereocenters. The fourth-order valence-electron chi connectivity index (χ4n) is 3.55. The number of hydrogen-bond acceptors (Lipinski definition) is 1. The van der Waals surface area contributed by atoms with Gasteiger partial charge in [0.1, 0.15) is 0 Å². The van der Waals surface area contributed by atoms with Crippen molar-refractivity contribution in [2.45, 2.75) is 26.1 Å². The SMILES string of the molecule is C[C@H](NCc1cn(Cc2ccc(Cl)cc2Cl)c2ccccc12)c1ccccc1. The molecule has 0 spiro atoms. The number of benzene rings is 3. The van der Waals surface area contributed by atoms with Crippen molar-refractivity contribution >= 4 is 34.1 Å². The summed E-state index contributed by atoms with van der Waals surface area (Å²) in [5.74, 6) is 0. The average molecular weight is 409 g/mol. The minimum Gasteiger partial charge on any atom is -0.343 e. The van der Waals surface area contributed by atoms with E-state index in [1.165, 1.54) is 22.0 Å². The first-order valence-electron chi connectivity index (χ1n) is 9.41.